The van der Waals surface area contributed by atoms with Crippen molar-refractivity contribution >= 4 is 17.5 Å². The molecule has 0 aliphatic carbocycles. The molecule has 2 aromatic rings. The number of ether oxygens (including phenoxy) is 2. The van der Waals surface area contributed by atoms with Gasteiger partial charge in [0, 0.05) is 25.7 Å². The van der Waals surface area contributed by atoms with Gasteiger partial charge in [0.25, 0.3) is 5.91 Å². The molecule has 0 radical (unpaired) electrons. The fourth-order valence-corrected chi connectivity index (χ4v) is 3.62. The molecule has 7 nitrogen and oxygen atoms in total. The fourth-order valence-electron chi connectivity index (χ4n) is 3.40. The summed E-state index contributed by atoms with van der Waals surface area (Å²) in [6.45, 7) is 2.03. The van der Waals surface area contributed by atoms with Crippen LogP contribution in [0.15, 0.2) is 24.3 Å². The van der Waals surface area contributed by atoms with Crippen molar-refractivity contribution < 1.29 is 14.3 Å². The molecule has 152 valence electrons. The summed E-state index contributed by atoms with van der Waals surface area (Å²) >= 11 is 6.18. The predicted octanol–water partition coefficient (Wildman–Crippen LogP) is 3.21. The summed E-state index contributed by atoms with van der Waals surface area (Å²) in [5.74, 6) is 1.12. The summed E-state index contributed by atoms with van der Waals surface area (Å²) in [4.78, 5) is 16.8. The highest BCUT2D eigenvalue weighted by atomic mass is 35.5. The van der Waals surface area contributed by atoms with E-state index >= 15 is 0 Å². The number of piperidine rings is 1. The molecule has 0 bridgehead atoms. The molecule has 1 unspecified atom stereocenters. The van der Waals surface area contributed by atoms with Gasteiger partial charge >= 0.3 is 0 Å². The smallest absolute Gasteiger partial charge is 0.274 e. The Labute approximate surface area is 170 Å². The number of benzene rings is 1. The number of likely N-dealkylation sites (tertiary alicyclic amines) is 1. The van der Waals surface area contributed by atoms with Gasteiger partial charge in [0.2, 0.25) is 0 Å². The predicted molar refractivity (Wildman–Crippen MR) is 108 cm³/mol. The number of H-pyrrole nitrogens is 1. The number of nitrogens with zero attached hydrogens (tertiary/aromatic N) is 3. The van der Waals surface area contributed by atoms with E-state index in [1.54, 1.807) is 36.3 Å². The minimum atomic E-state index is -0.0936. The van der Waals surface area contributed by atoms with Gasteiger partial charge in [-0.1, -0.05) is 18.0 Å². The van der Waals surface area contributed by atoms with Crippen molar-refractivity contribution in [2.75, 3.05) is 34.3 Å². The standard InChI is InChI=1S/C20H27ClN4O3/c1-24-9-5-4-6-15(24)12-25(2)20(26)18-10-14(22-23-18)13-28-19-8-7-16(27-3)11-17(19)21/h7-8,10-11,15H,4-6,9,12-13H2,1-3H3,(H,22,23). The molecule has 0 spiro atoms. The number of rotatable bonds is 7. The van der Waals surface area contributed by atoms with E-state index < -0.39 is 0 Å². The van der Waals surface area contributed by atoms with Crippen LogP contribution in [0.1, 0.15) is 35.4 Å². The number of aromatic nitrogens is 2. The van der Waals surface area contributed by atoms with Gasteiger partial charge in [-0.15, -0.1) is 0 Å². The van der Waals surface area contributed by atoms with Crippen LogP contribution in [0, 0.1) is 0 Å². The minimum Gasteiger partial charge on any atom is -0.497 e. The lowest BCUT2D eigenvalue weighted by Gasteiger charge is -2.34. The third kappa shape index (κ3) is 4.97. The van der Waals surface area contributed by atoms with E-state index in [-0.39, 0.29) is 12.5 Å². The van der Waals surface area contributed by atoms with Crippen molar-refractivity contribution in [1.29, 1.82) is 0 Å². The molecule has 1 aromatic heterocycles. The van der Waals surface area contributed by atoms with E-state index in [1.807, 2.05) is 7.05 Å². The Hall–Kier alpha value is -2.25. The lowest BCUT2D eigenvalue weighted by molar-refractivity contribution is 0.0711. The zero-order valence-corrected chi connectivity index (χ0v) is 17.3. The number of aromatic amines is 1. The summed E-state index contributed by atoms with van der Waals surface area (Å²) in [6.07, 6.45) is 3.57. The van der Waals surface area contributed by atoms with Gasteiger partial charge in [0.1, 0.15) is 18.1 Å². The van der Waals surface area contributed by atoms with Crippen molar-refractivity contribution in [3.05, 3.63) is 40.7 Å². The molecular formula is C20H27ClN4O3. The second-order valence-electron chi connectivity index (χ2n) is 7.18. The Morgan fingerprint density at radius 1 is 1.39 bits per heavy atom. The van der Waals surface area contributed by atoms with Gasteiger partial charge in [-0.05, 0) is 44.6 Å². The third-order valence-corrected chi connectivity index (χ3v) is 5.42. The molecule has 2 heterocycles. The van der Waals surface area contributed by atoms with Gasteiger partial charge in [0.05, 0.1) is 17.8 Å². The number of hydrogen-bond donors (Lipinski definition) is 1. The van der Waals surface area contributed by atoms with E-state index in [1.165, 1.54) is 12.8 Å². The Morgan fingerprint density at radius 3 is 2.93 bits per heavy atom. The zero-order chi connectivity index (χ0) is 20.1. The first-order valence-corrected chi connectivity index (χ1v) is 9.82. The Bertz CT molecular complexity index is 810. The van der Waals surface area contributed by atoms with E-state index in [4.69, 9.17) is 21.1 Å². The maximum atomic E-state index is 12.7. The number of carbonyl (C=O) groups excluding carboxylic acids is 1. The highest BCUT2D eigenvalue weighted by Gasteiger charge is 2.24. The maximum absolute atomic E-state index is 12.7. The van der Waals surface area contributed by atoms with Crippen molar-refractivity contribution in [3.63, 3.8) is 0 Å². The lowest BCUT2D eigenvalue weighted by atomic mass is 10.0. The molecule has 1 atom stereocenters. The van der Waals surface area contributed by atoms with Crippen molar-refractivity contribution in [2.45, 2.75) is 31.9 Å². The second-order valence-corrected chi connectivity index (χ2v) is 7.59. The quantitative estimate of drug-likeness (QED) is 0.764. The Balaban J connectivity index is 1.56. The number of amides is 1. The van der Waals surface area contributed by atoms with Crippen LogP contribution in [-0.2, 0) is 6.61 Å². The average molecular weight is 407 g/mol. The van der Waals surface area contributed by atoms with E-state index in [2.05, 4.69) is 22.1 Å². The molecule has 28 heavy (non-hydrogen) atoms. The van der Waals surface area contributed by atoms with Gasteiger partial charge in [-0.3, -0.25) is 9.89 Å². The van der Waals surface area contributed by atoms with Crippen LogP contribution in [0.2, 0.25) is 5.02 Å². The molecule has 1 aliphatic heterocycles. The van der Waals surface area contributed by atoms with Crippen LogP contribution >= 0.6 is 11.6 Å². The van der Waals surface area contributed by atoms with Crippen LogP contribution in [0.25, 0.3) is 0 Å². The van der Waals surface area contributed by atoms with Gasteiger partial charge in [-0.25, -0.2) is 0 Å². The molecule has 1 amide bonds. The summed E-state index contributed by atoms with van der Waals surface area (Å²) in [5, 5.41) is 7.48. The molecule has 8 heteroatoms. The number of nitrogens with one attached hydrogen (secondary N) is 1. The molecule has 1 aromatic carbocycles. The van der Waals surface area contributed by atoms with Gasteiger partial charge in [0.15, 0.2) is 5.69 Å². The Kier molecular flexibility index (Phi) is 6.80. The largest absolute Gasteiger partial charge is 0.497 e. The van der Waals surface area contributed by atoms with Gasteiger partial charge < -0.3 is 19.3 Å². The summed E-state index contributed by atoms with van der Waals surface area (Å²) < 4.78 is 10.8. The Morgan fingerprint density at radius 2 is 2.21 bits per heavy atom. The second kappa shape index (κ2) is 9.30. The monoisotopic (exact) mass is 406 g/mol. The fraction of sp³-hybridized carbons (Fsp3) is 0.500. The number of hydrogen-bond acceptors (Lipinski definition) is 5. The lowest BCUT2D eigenvalue weighted by Crippen LogP contribution is -2.45. The summed E-state index contributed by atoms with van der Waals surface area (Å²) in [7, 11) is 5.53. The normalized spacial score (nSPS) is 17.4. The molecule has 1 N–H and O–H groups in total. The van der Waals surface area contributed by atoms with Crippen molar-refractivity contribution in [2.24, 2.45) is 0 Å². The maximum Gasteiger partial charge on any atom is 0.274 e. The van der Waals surface area contributed by atoms with Crippen LogP contribution < -0.4 is 9.47 Å². The number of likely N-dealkylation sites (N-methyl/N-ethyl adjacent to an activating group) is 2. The average Bonchev–Trinajstić information content (AvgIpc) is 3.17. The van der Waals surface area contributed by atoms with E-state index in [0.29, 0.717) is 40.5 Å². The highest BCUT2D eigenvalue weighted by molar-refractivity contribution is 6.32. The summed E-state index contributed by atoms with van der Waals surface area (Å²) in [6, 6.07) is 7.34. The zero-order valence-electron chi connectivity index (χ0n) is 16.6. The minimum absolute atomic E-state index is 0.0936. The first kappa shape index (κ1) is 20.5. The topological polar surface area (TPSA) is 70.7 Å². The summed E-state index contributed by atoms with van der Waals surface area (Å²) in [5.41, 5.74) is 1.10. The van der Waals surface area contributed by atoms with Crippen LogP contribution in [-0.4, -0.2) is 66.2 Å². The number of carbonyl (C=O) groups is 1. The SMILES string of the molecule is COc1ccc(OCc2cc(C(=O)N(C)CC3CCCCN3C)n[nH]2)c(Cl)c1. The molecule has 1 aliphatic rings. The first-order chi connectivity index (χ1) is 13.5. The van der Waals surface area contributed by atoms with Crippen LogP contribution in [0.4, 0.5) is 0 Å². The number of methoxy groups -OCH3 is 1. The van der Waals surface area contributed by atoms with Gasteiger partial charge in [-0.2, -0.15) is 5.10 Å². The van der Waals surface area contributed by atoms with Crippen molar-refractivity contribution in [1.82, 2.24) is 20.0 Å². The first-order valence-electron chi connectivity index (χ1n) is 9.44. The molecule has 0 saturated carbocycles. The molecular weight excluding hydrogens is 380 g/mol. The third-order valence-electron chi connectivity index (χ3n) is 5.13. The van der Waals surface area contributed by atoms with Crippen LogP contribution in [0.3, 0.4) is 0 Å². The molecule has 1 saturated heterocycles. The van der Waals surface area contributed by atoms with E-state index in [9.17, 15) is 4.79 Å². The van der Waals surface area contributed by atoms with Crippen molar-refractivity contribution in [3.8, 4) is 11.5 Å². The molecule has 3 rings (SSSR count). The highest BCUT2D eigenvalue weighted by Crippen LogP contribution is 2.29. The molecule has 1 fully saturated rings. The number of halogens is 1. The van der Waals surface area contributed by atoms with E-state index in [0.717, 1.165) is 13.0 Å². The van der Waals surface area contributed by atoms with Crippen LogP contribution in [0.5, 0.6) is 11.5 Å².